The summed E-state index contributed by atoms with van der Waals surface area (Å²) in [5.41, 5.74) is 3.35. The van der Waals surface area contributed by atoms with Crippen LogP contribution in [0.5, 0.6) is 0 Å². The van der Waals surface area contributed by atoms with Crippen LogP contribution in [-0.2, 0) is 22.6 Å². The molecule has 2 aliphatic heterocycles. The molecule has 1 aromatic carbocycles. The first-order chi connectivity index (χ1) is 12.1. The van der Waals surface area contributed by atoms with Crippen LogP contribution in [0.25, 0.3) is 0 Å². The van der Waals surface area contributed by atoms with Crippen LogP contribution in [0.3, 0.4) is 0 Å². The van der Waals surface area contributed by atoms with E-state index in [0.29, 0.717) is 36.7 Å². The van der Waals surface area contributed by atoms with Gasteiger partial charge in [-0.3, -0.25) is 9.78 Å². The summed E-state index contributed by atoms with van der Waals surface area (Å²) < 4.78 is 13.0. The predicted molar refractivity (Wildman–Crippen MR) is 90.8 cm³/mol. The maximum absolute atomic E-state index is 13.0. The summed E-state index contributed by atoms with van der Waals surface area (Å²) in [5, 5.41) is 4.57. The van der Waals surface area contributed by atoms with Crippen LogP contribution < -0.4 is 0 Å². The van der Waals surface area contributed by atoms with E-state index in [4.69, 9.17) is 16.4 Å². The van der Waals surface area contributed by atoms with Crippen LogP contribution in [0.2, 0.25) is 5.02 Å². The van der Waals surface area contributed by atoms with E-state index in [9.17, 15) is 9.18 Å². The molecule has 0 N–H and O–H groups in total. The zero-order valence-corrected chi connectivity index (χ0v) is 14.0. The fourth-order valence-corrected chi connectivity index (χ4v) is 3.29. The lowest BCUT2D eigenvalue weighted by Gasteiger charge is -2.29. The van der Waals surface area contributed by atoms with Gasteiger partial charge in [-0.1, -0.05) is 28.9 Å². The number of rotatable bonds is 2. The second-order valence-corrected chi connectivity index (χ2v) is 6.55. The van der Waals surface area contributed by atoms with Crippen LogP contribution in [0, 0.1) is 5.82 Å². The third-order valence-corrected chi connectivity index (χ3v) is 4.65. The zero-order valence-electron chi connectivity index (χ0n) is 13.3. The second-order valence-electron chi connectivity index (χ2n) is 6.11. The van der Waals surface area contributed by atoms with E-state index in [-0.39, 0.29) is 11.7 Å². The van der Waals surface area contributed by atoms with Crippen molar-refractivity contribution in [1.82, 2.24) is 9.88 Å². The van der Waals surface area contributed by atoms with Crippen molar-refractivity contribution in [1.29, 1.82) is 0 Å². The molecule has 2 aromatic rings. The number of pyridine rings is 1. The average molecular weight is 360 g/mol. The molecule has 0 aliphatic carbocycles. The maximum atomic E-state index is 13.0. The highest BCUT2D eigenvalue weighted by molar-refractivity contribution is 6.30. The second kappa shape index (κ2) is 6.44. The van der Waals surface area contributed by atoms with Gasteiger partial charge in [0, 0.05) is 37.8 Å². The highest BCUT2D eigenvalue weighted by atomic mass is 35.5. The Labute approximate surface area is 149 Å². The van der Waals surface area contributed by atoms with Gasteiger partial charge >= 0.3 is 0 Å². The number of carbonyl (C=O) groups excluding carboxylic acids is 1. The summed E-state index contributed by atoms with van der Waals surface area (Å²) in [7, 11) is 0. The minimum absolute atomic E-state index is 0.105. The number of benzene rings is 1. The van der Waals surface area contributed by atoms with Crippen molar-refractivity contribution in [3.63, 3.8) is 0 Å². The zero-order chi connectivity index (χ0) is 17.4. The van der Waals surface area contributed by atoms with Crippen LogP contribution in [0.4, 0.5) is 4.39 Å². The van der Waals surface area contributed by atoms with Gasteiger partial charge in [-0.25, -0.2) is 4.39 Å². The molecule has 0 radical (unpaired) electrons. The topological polar surface area (TPSA) is 54.8 Å². The number of nitrogens with zero attached hydrogens (tertiary/aromatic N) is 3. The van der Waals surface area contributed by atoms with Gasteiger partial charge in [0.05, 0.1) is 10.7 Å². The van der Waals surface area contributed by atoms with Crippen molar-refractivity contribution in [2.24, 2.45) is 5.16 Å². The van der Waals surface area contributed by atoms with E-state index < -0.39 is 6.10 Å². The summed E-state index contributed by atoms with van der Waals surface area (Å²) >= 11 is 5.99. The molecule has 2 aliphatic rings. The van der Waals surface area contributed by atoms with Crippen molar-refractivity contribution < 1.29 is 14.0 Å². The number of carbonyl (C=O) groups is 1. The molecule has 128 valence electrons. The highest BCUT2D eigenvalue weighted by Gasteiger charge is 2.34. The molecule has 25 heavy (non-hydrogen) atoms. The average Bonchev–Trinajstić information content (AvgIpc) is 3.11. The number of oxime groups is 1. The van der Waals surface area contributed by atoms with E-state index in [2.05, 4.69) is 10.1 Å². The number of aromatic nitrogens is 1. The van der Waals surface area contributed by atoms with Crippen molar-refractivity contribution >= 4 is 23.2 Å². The molecule has 1 aromatic heterocycles. The molecule has 0 spiro atoms. The standard InChI is InChI=1S/C18H15ClFN3O2/c19-13-7-12-10-23(6-5-15(12)21-9-13)18(24)17-8-16(22-25-17)11-1-3-14(20)4-2-11/h1-4,7,9,17H,5-6,8,10H2. The largest absolute Gasteiger partial charge is 0.382 e. The van der Waals surface area contributed by atoms with Crippen LogP contribution in [0.1, 0.15) is 23.2 Å². The summed E-state index contributed by atoms with van der Waals surface area (Å²) in [6.45, 7) is 1.06. The predicted octanol–water partition coefficient (Wildman–Crippen LogP) is 2.95. The van der Waals surface area contributed by atoms with Gasteiger partial charge in [0.25, 0.3) is 5.91 Å². The van der Waals surface area contributed by atoms with Gasteiger partial charge in [0.2, 0.25) is 6.10 Å². The lowest BCUT2D eigenvalue weighted by Crippen LogP contribution is -2.42. The molecule has 0 saturated heterocycles. The highest BCUT2D eigenvalue weighted by Crippen LogP contribution is 2.24. The summed E-state index contributed by atoms with van der Waals surface area (Å²) in [5.74, 6) is -0.415. The Balaban J connectivity index is 1.44. The Morgan fingerprint density at radius 1 is 1.32 bits per heavy atom. The smallest absolute Gasteiger partial charge is 0.267 e. The Hall–Kier alpha value is -2.47. The van der Waals surface area contributed by atoms with E-state index in [1.165, 1.54) is 12.1 Å². The van der Waals surface area contributed by atoms with Crippen molar-refractivity contribution in [3.8, 4) is 0 Å². The Morgan fingerprint density at radius 3 is 2.92 bits per heavy atom. The normalized spacial score (nSPS) is 19.2. The minimum atomic E-state index is -0.645. The molecular weight excluding hydrogens is 345 g/mol. The van der Waals surface area contributed by atoms with Crippen molar-refractivity contribution in [2.75, 3.05) is 6.54 Å². The Kier molecular flexibility index (Phi) is 4.13. The monoisotopic (exact) mass is 359 g/mol. The fraction of sp³-hybridized carbons (Fsp3) is 0.278. The molecule has 0 fully saturated rings. The fourth-order valence-electron chi connectivity index (χ4n) is 3.11. The molecule has 4 rings (SSSR count). The molecule has 0 saturated carbocycles. The SMILES string of the molecule is O=C(C1CC(c2ccc(F)cc2)=NO1)N1CCc2ncc(Cl)cc2C1. The Morgan fingerprint density at radius 2 is 2.12 bits per heavy atom. The lowest BCUT2D eigenvalue weighted by atomic mass is 10.0. The molecule has 7 heteroatoms. The van der Waals surface area contributed by atoms with Gasteiger partial charge in [-0.15, -0.1) is 0 Å². The molecular formula is C18H15ClFN3O2. The van der Waals surface area contributed by atoms with Gasteiger partial charge in [0.15, 0.2) is 0 Å². The molecule has 1 unspecified atom stereocenters. The number of fused-ring (bicyclic) bond motifs is 1. The van der Waals surface area contributed by atoms with Crippen molar-refractivity contribution in [2.45, 2.75) is 25.5 Å². The number of halogens is 2. The molecule has 1 atom stereocenters. The first-order valence-electron chi connectivity index (χ1n) is 8.01. The van der Waals surface area contributed by atoms with Gasteiger partial charge < -0.3 is 9.74 Å². The number of hydrogen-bond acceptors (Lipinski definition) is 4. The van der Waals surface area contributed by atoms with E-state index in [0.717, 1.165) is 16.8 Å². The van der Waals surface area contributed by atoms with Crippen LogP contribution in [-0.4, -0.2) is 34.2 Å². The first kappa shape index (κ1) is 16.0. The third-order valence-electron chi connectivity index (χ3n) is 4.44. The Bertz CT molecular complexity index is 854. The van der Waals surface area contributed by atoms with E-state index in [1.54, 1.807) is 23.2 Å². The molecule has 0 bridgehead atoms. The van der Waals surface area contributed by atoms with E-state index in [1.807, 2.05) is 6.07 Å². The van der Waals surface area contributed by atoms with Crippen LogP contribution >= 0.6 is 11.6 Å². The summed E-state index contributed by atoms with van der Waals surface area (Å²) in [6.07, 6.45) is 2.05. The molecule has 3 heterocycles. The quantitative estimate of drug-likeness (QED) is 0.828. The first-order valence-corrected chi connectivity index (χ1v) is 8.38. The van der Waals surface area contributed by atoms with Crippen molar-refractivity contribution in [3.05, 3.63) is 64.2 Å². The minimum Gasteiger partial charge on any atom is -0.382 e. The molecule has 1 amide bonds. The molecule has 5 nitrogen and oxygen atoms in total. The van der Waals surface area contributed by atoms with Gasteiger partial charge in [-0.2, -0.15) is 0 Å². The number of hydrogen-bond donors (Lipinski definition) is 0. The summed E-state index contributed by atoms with van der Waals surface area (Å²) in [4.78, 5) is 24.1. The third kappa shape index (κ3) is 3.22. The van der Waals surface area contributed by atoms with Gasteiger partial charge in [0.1, 0.15) is 5.82 Å². The maximum Gasteiger partial charge on any atom is 0.267 e. The number of amides is 1. The van der Waals surface area contributed by atoms with Crippen LogP contribution in [0.15, 0.2) is 41.7 Å². The van der Waals surface area contributed by atoms with E-state index >= 15 is 0 Å². The lowest BCUT2D eigenvalue weighted by molar-refractivity contribution is -0.143. The van der Waals surface area contributed by atoms with Gasteiger partial charge in [-0.05, 0) is 29.3 Å². The summed E-state index contributed by atoms with van der Waals surface area (Å²) in [6, 6.07) is 7.85.